The lowest BCUT2D eigenvalue weighted by Gasteiger charge is -2.33. The molecule has 1 N–H and O–H groups in total. The minimum absolute atomic E-state index is 0.0257. The summed E-state index contributed by atoms with van der Waals surface area (Å²) in [7, 11) is -3.37. The molecule has 1 spiro atoms. The summed E-state index contributed by atoms with van der Waals surface area (Å²) in [6.07, 6.45) is 3.09. The lowest BCUT2D eigenvalue weighted by Crippen LogP contribution is -2.45. The fourth-order valence-corrected chi connectivity index (χ4v) is 10.2. The van der Waals surface area contributed by atoms with E-state index < -0.39 is 31.6 Å². The van der Waals surface area contributed by atoms with Crippen LogP contribution in [0.3, 0.4) is 0 Å². The number of rotatable bonds is 10. The lowest BCUT2D eigenvalue weighted by atomic mass is 9.82. The smallest absolute Gasteiger partial charge is 0.264 e. The predicted octanol–water partition coefficient (Wildman–Crippen LogP) is 3.70. The first-order chi connectivity index (χ1) is 22.0. The Balaban J connectivity index is 1.24. The highest BCUT2D eigenvalue weighted by Gasteiger charge is 2.66. The Bertz CT molecular complexity index is 1690. The normalized spacial score (nSPS) is 25.8. The summed E-state index contributed by atoms with van der Waals surface area (Å²) in [5.74, 6) is -0.582. The number of benzene rings is 2. The van der Waals surface area contributed by atoms with Crippen LogP contribution in [0.15, 0.2) is 48.7 Å². The molecule has 0 saturated carbocycles. The zero-order valence-corrected chi connectivity index (χ0v) is 27.4. The molecule has 4 atom stereocenters. The minimum atomic E-state index is -3.37. The molecule has 4 aliphatic rings. The molecular formula is C33H39FN6O5Si. The van der Waals surface area contributed by atoms with Crippen molar-refractivity contribution >= 4 is 43.2 Å². The van der Waals surface area contributed by atoms with Crippen LogP contribution in [-0.2, 0) is 44.2 Å². The van der Waals surface area contributed by atoms with E-state index in [2.05, 4.69) is 10.3 Å². The van der Waals surface area contributed by atoms with Gasteiger partial charge < -0.3 is 28.7 Å². The van der Waals surface area contributed by atoms with Crippen molar-refractivity contribution in [3.05, 3.63) is 65.5 Å². The van der Waals surface area contributed by atoms with Gasteiger partial charge >= 0.3 is 0 Å². The van der Waals surface area contributed by atoms with Crippen molar-refractivity contribution in [3.8, 4) is 0 Å². The number of aromatic nitrogens is 3. The Kier molecular flexibility index (Phi) is 7.60. The number of β-lactam (4-membered cyclic amide) rings is 2. The third-order valence-corrected chi connectivity index (χ3v) is 12.6. The third kappa shape index (κ3) is 4.95. The molecule has 3 aromatic rings. The van der Waals surface area contributed by atoms with E-state index in [1.165, 1.54) is 0 Å². The van der Waals surface area contributed by atoms with Crippen LogP contribution in [0.2, 0.25) is 18.6 Å². The third-order valence-electron chi connectivity index (χ3n) is 10.1. The second-order valence-corrected chi connectivity index (χ2v) is 17.2. The Morgan fingerprint density at radius 1 is 1.02 bits per heavy atom. The van der Waals surface area contributed by atoms with Gasteiger partial charge in [-0.15, -0.1) is 5.10 Å². The van der Waals surface area contributed by atoms with Gasteiger partial charge in [-0.3, -0.25) is 19.1 Å². The van der Waals surface area contributed by atoms with Crippen molar-refractivity contribution in [3.63, 3.8) is 0 Å². The number of halogens is 1. The summed E-state index contributed by atoms with van der Waals surface area (Å²) in [4.78, 5) is 44.3. The average molecular weight is 647 g/mol. The molecule has 4 aliphatic heterocycles. The number of nitrogens with zero attached hydrogens (tertiary/aromatic N) is 6. The highest BCUT2D eigenvalue weighted by Crippen LogP contribution is 2.60. The van der Waals surface area contributed by atoms with Crippen LogP contribution in [0.4, 0.5) is 21.2 Å². The van der Waals surface area contributed by atoms with Crippen molar-refractivity contribution in [1.82, 2.24) is 15.0 Å². The molecule has 0 bridgehead atoms. The van der Waals surface area contributed by atoms with Crippen LogP contribution in [0.5, 0.6) is 0 Å². The predicted molar refractivity (Wildman–Crippen MR) is 171 cm³/mol. The van der Waals surface area contributed by atoms with E-state index in [-0.39, 0.29) is 30.9 Å². The molecule has 1 aromatic heterocycles. The lowest BCUT2D eigenvalue weighted by molar-refractivity contribution is -0.146. The molecule has 0 radical (unpaired) electrons. The molecule has 13 heteroatoms. The summed E-state index contributed by atoms with van der Waals surface area (Å²) in [5, 5.41) is 17.5. The first-order valence-corrected chi connectivity index (χ1v) is 19.0. The Labute approximate surface area is 268 Å². The molecule has 46 heavy (non-hydrogen) atoms. The van der Waals surface area contributed by atoms with Gasteiger partial charge in [-0.05, 0) is 55.4 Å². The van der Waals surface area contributed by atoms with Gasteiger partial charge in [0.05, 0.1) is 24.0 Å². The number of fused-ring (bicyclic) bond motifs is 2. The van der Waals surface area contributed by atoms with Crippen molar-refractivity contribution in [2.24, 2.45) is 5.92 Å². The molecule has 3 saturated heterocycles. The number of aliphatic hydroxyl groups excluding tert-OH is 1. The molecule has 7 rings (SSSR count). The monoisotopic (exact) mass is 646 g/mol. The quantitative estimate of drug-likeness (QED) is 0.203. The van der Waals surface area contributed by atoms with Crippen LogP contribution in [0, 0.1) is 5.92 Å². The van der Waals surface area contributed by atoms with E-state index in [0.717, 1.165) is 11.3 Å². The summed E-state index contributed by atoms with van der Waals surface area (Å²) < 4.78 is 24.9. The number of aryl methyl sites for hydroxylation is 1. The number of amides is 3. The Morgan fingerprint density at radius 3 is 2.30 bits per heavy atom. The van der Waals surface area contributed by atoms with Crippen LogP contribution < -0.4 is 14.7 Å². The Hall–Kier alpha value is -3.94. The molecule has 2 aromatic carbocycles. The number of hydrogen-bond donors (Lipinski definition) is 1. The average Bonchev–Trinajstić information content (AvgIpc) is 3.65. The van der Waals surface area contributed by atoms with Gasteiger partial charge in [0, 0.05) is 80.1 Å². The van der Waals surface area contributed by atoms with Crippen molar-refractivity contribution < 1.29 is 28.3 Å². The van der Waals surface area contributed by atoms with Crippen LogP contribution >= 0.6 is 0 Å². The first-order valence-electron chi connectivity index (χ1n) is 16.0. The summed E-state index contributed by atoms with van der Waals surface area (Å²) in [6, 6.07) is 13.3. The molecule has 3 amide bonds. The number of hydrogen-bond acceptors (Lipinski definition) is 7. The summed E-state index contributed by atoms with van der Waals surface area (Å²) in [6.45, 7) is 7.26. The number of carbonyl (C=O) groups is 3. The fourth-order valence-electron chi connectivity index (χ4n) is 7.71. The maximum atomic E-state index is 16.3. The van der Waals surface area contributed by atoms with Crippen molar-refractivity contribution in [1.29, 1.82) is 0 Å². The number of anilines is 3. The maximum absolute atomic E-state index is 16.3. The second kappa shape index (κ2) is 11.4. The molecule has 11 nitrogen and oxygen atoms in total. The molecular weight excluding hydrogens is 607 g/mol. The van der Waals surface area contributed by atoms with Gasteiger partial charge in [0.2, 0.25) is 20.2 Å². The van der Waals surface area contributed by atoms with E-state index >= 15 is 4.11 Å². The van der Waals surface area contributed by atoms with E-state index in [0.29, 0.717) is 67.9 Å². The van der Waals surface area contributed by atoms with Crippen LogP contribution in [0.1, 0.15) is 43.0 Å². The molecule has 3 fully saturated rings. The highest BCUT2D eigenvalue weighted by molar-refractivity contribution is 6.72. The fraction of sp³-hybridized carbons (Fsp3) is 0.485. The maximum Gasteiger partial charge on any atom is 0.264 e. The number of ether oxygens (including phenoxy) is 1. The number of carbonyl (C=O) groups excluding carboxylic acids is 3. The highest BCUT2D eigenvalue weighted by atomic mass is 28.4. The zero-order chi connectivity index (χ0) is 32.4. The van der Waals surface area contributed by atoms with E-state index in [1.807, 2.05) is 49.4 Å². The van der Waals surface area contributed by atoms with Gasteiger partial charge in [0.25, 0.3) is 5.91 Å². The Morgan fingerprint density at radius 2 is 1.70 bits per heavy atom. The molecule has 0 aliphatic carbocycles. The minimum Gasteiger partial charge on any atom is -0.396 e. The largest absolute Gasteiger partial charge is 0.396 e. The second-order valence-electron chi connectivity index (χ2n) is 13.4. The standard InChI is InChI=1S/C33H39FN6O5Si/c1-21-31(46(2,3)34)28(10-14-37-20-23(13-17-41)35-36-37)45-33(21)26-18-25(39-16-12-30(39)43)8-9-27(26)40(32(33)44)19-22-4-6-24(7-5-22)38-15-11-29(38)42/h4-9,18,20-21,28,31,41H,10-17,19H2,1-3H3/t21-,28+,31-,33+/m0/s1. The van der Waals surface area contributed by atoms with Gasteiger partial charge in [0.15, 0.2) is 5.60 Å². The van der Waals surface area contributed by atoms with Crippen molar-refractivity contribution in [2.75, 3.05) is 34.4 Å². The summed E-state index contributed by atoms with van der Waals surface area (Å²) >= 11 is 0. The van der Waals surface area contributed by atoms with Crippen LogP contribution in [0.25, 0.3) is 0 Å². The van der Waals surface area contributed by atoms with Crippen molar-refractivity contribution in [2.45, 2.75) is 76.0 Å². The molecule has 242 valence electrons. The zero-order valence-electron chi connectivity index (χ0n) is 26.4. The topological polar surface area (TPSA) is 121 Å². The number of aliphatic hydroxyl groups is 1. The van der Waals surface area contributed by atoms with Gasteiger partial charge in [-0.2, -0.15) is 0 Å². The van der Waals surface area contributed by atoms with Gasteiger partial charge in [-0.1, -0.05) is 24.3 Å². The SMILES string of the molecule is C[C@H]1[C@H]([Si](C)(C)F)[C@@H](CCn2cc(CCO)nn2)O[C@]12C(=O)N(Cc1ccc(N3CCC3=O)cc1)c1ccc(N3CCC3=O)cc12. The van der Waals surface area contributed by atoms with E-state index in [9.17, 15) is 19.5 Å². The van der Waals surface area contributed by atoms with E-state index in [4.69, 9.17) is 4.74 Å². The van der Waals surface area contributed by atoms with Gasteiger partial charge in [0.1, 0.15) is 0 Å². The summed E-state index contributed by atoms with van der Waals surface area (Å²) in [5.41, 5.74) is 2.56. The van der Waals surface area contributed by atoms with Crippen LogP contribution in [-0.4, -0.2) is 72.0 Å². The van der Waals surface area contributed by atoms with E-state index in [1.54, 1.807) is 38.7 Å². The molecule has 5 heterocycles. The molecule has 0 unspecified atom stereocenters. The van der Waals surface area contributed by atoms with Gasteiger partial charge in [-0.25, -0.2) is 0 Å². The first kappa shape index (κ1) is 30.7.